The number of nitrogens with zero attached hydrogens (tertiary/aromatic N) is 1. The van der Waals surface area contributed by atoms with Gasteiger partial charge in [-0.05, 0) is 54.1 Å². The van der Waals surface area contributed by atoms with Gasteiger partial charge in [0.1, 0.15) is 0 Å². The number of aryl methyl sites for hydroxylation is 1. The number of nitrogen functional groups attached to an aromatic ring is 1. The van der Waals surface area contributed by atoms with Crippen LogP contribution in [0.25, 0.3) is 0 Å². The zero-order chi connectivity index (χ0) is 12.2. The van der Waals surface area contributed by atoms with E-state index in [1.165, 1.54) is 30.5 Å². The first-order chi connectivity index (χ1) is 7.97. The molecule has 0 radical (unpaired) electrons. The van der Waals surface area contributed by atoms with Gasteiger partial charge in [0.05, 0.1) is 0 Å². The fourth-order valence-electron chi connectivity index (χ4n) is 3.62. The minimum atomic E-state index is 0.423. The van der Waals surface area contributed by atoms with Gasteiger partial charge in [-0.2, -0.15) is 0 Å². The highest BCUT2D eigenvalue weighted by Gasteiger charge is 2.40. The van der Waals surface area contributed by atoms with Crippen LogP contribution in [-0.4, -0.2) is 18.5 Å². The van der Waals surface area contributed by atoms with Gasteiger partial charge in [0, 0.05) is 24.7 Å². The normalized spacial score (nSPS) is 26.6. The summed E-state index contributed by atoms with van der Waals surface area (Å²) in [4.78, 5) is 2.43. The highest BCUT2D eigenvalue weighted by molar-refractivity contribution is 5.53. The molecule has 1 aromatic rings. The maximum Gasteiger partial charge on any atom is 0.0320 e. The molecule has 0 aromatic heterocycles. The van der Waals surface area contributed by atoms with Crippen molar-refractivity contribution in [3.8, 4) is 0 Å². The SMILES string of the molecule is CN1Cc2cc(N)cc3c2C(C1)C(C)(C)CC3. The van der Waals surface area contributed by atoms with Crippen LogP contribution in [0.5, 0.6) is 0 Å². The van der Waals surface area contributed by atoms with Gasteiger partial charge < -0.3 is 10.6 Å². The molecule has 1 unspecified atom stereocenters. The third kappa shape index (κ3) is 1.66. The molecule has 17 heavy (non-hydrogen) atoms. The molecular formula is C15H22N2. The summed E-state index contributed by atoms with van der Waals surface area (Å²) in [7, 11) is 2.22. The molecule has 0 amide bonds. The van der Waals surface area contributed by atoms with E-state index in [2.05, 4.69) is 37.9 Å². The molecule has 1 aliphatic heterocycles. The average molecular weight is 230 g/mol. The van der Waals surface area contributed by atoms with Crippen LogP contribution < -0.4 is 5.73 Å². The lowest BCUT2D eigenvalue weighted by Gasteiger charge is -2.46. The van der Waals surface area contributed by atoms with Crippen LogP contribution in [0.15, 0.2) is 12.1 Å². The van der Waals surface area contributed by atoms with Gasteiger partial charge in [0.15, 0.2) is 0 Å². The molecular weight excluding hydrogens is 208 g/mol. The summed E-state index contributed by atoms with van der Waals surface area (Å²) in [6.07, 6.45) is 2.47. The van der Waals surface area contributed by atoms with E-state index in [1.807, 2.05) is 0 Å². The van der Waals surface area contributed by atoms with Crippen molar-refractivity contribution in [1.29, 1.82) is 0 Å². The molecule has 1 aliphatic carbocycles. The first kappa shape index (κ1) is 11.1. The van der Waals surface area contributed by atoms with E-state index >= 15 is 0 Å². The molecule has 2 aliphatic rings. The van der Waals surface area contributed by atoms with Gasteiger partial charge in [0.2, 0.25) is 0 Å². The topological polar surface area (TPSA) is 29.3 Å². The summed E-state index contributed by atoms with van der Waals surface area (Å²) in [5, 5.41) is 0. The molecule has 1 aromatic carbocycles. The first-order valence-electron chi connectivity index (χ1n) is 6.57. The second-order valence-electron chi connectivity index (χ2n) is 6.49. The molecule has 0 saturated carbocycles. The van der Waals surface area contributed by atoms with Crippen LogP contribution in [0.1, 0.15) is 42.9 Å². The molecule has 3 rings (SSSR count). The quantitative estimate of drug-likeness (QED) is 0.694. The Labute approximate surface area is 104 Å². The first-order valence-corrected chi connectivity index (χ1v) is 6.57. The van der Waals surface area contributed by atoms with Gasteiger partial charge in [-0.25, -0.2) is 0 Å². The Bertz CT molecular complexity index is 462. The summed E-state index contributed by atoms with van der Waals surface area (Å²) < 4.78 is 0. The second-order valence-corrected chi connectivity index (χ2v) is 6.49. The zero-order valence-corrected chi connectivity index (χ0v) is 11.1. The number of anilines is 1. The van der Waals surface area contributed by atoms with Crippen LogP contribution in [0.3, 0.4) is 0 Å². The van der Waals surface area contributed by atoms with Crippen LogP contribution in [0, 0.1) is 5.41 Å². The standard InChI is InChI=1S/C15H22N2/c1-15(2)5-4-10-6-12(16)7-11-8-17(3)9-13(15)14(10)11/h6-7,13H,4-5,8-9,16H2,1-3H3. The number of hydrogen-bond acceptors (Lipinski definition) is 2. The molecule has 0 fully saturated rings. The fourth-order valence-corrected chi connectivity index (χ4v) is 3.62. The van der Waals surface area contributed by atoms with Crippen molar-refractivity contribution in [1.82, 2.24) is 4.90 Å². The van der Waals surface area contributed by atoms with Gasteiger partial charge in [0.25, 0.3) is 0 Å². The van der Waals surface area contributed by atoms with Crippen molar-refractivity contribution in [2.24, 2.45) is 5.41 Å². The molecule has 0 saturated heterocycles. The van der Waals surface area contributed by atoms with Gasteiger partial charge >= 0.3 is 0 Å². The predicted molar refractivity (Wildman–Crippen MR) is 72.0 cm³/mol. The van der Waals surface area contributed by atoms with E-state index in [1.54, 1.807) is 5.56 Å². The molecule has 0 bridgehead atoms. The highest BCUT2D eigenvalue weighted by atomic mass is 15.1. The van der Waals surface area contributed by atoms with Crippen molar-refractivity contribution >= 4 is 5.69 Å². The van der Waals surface area contributed by atoms with Gasteiger partial charge in [-0.1, -0.05) is 13.8 Å². The van der Waals surface area contributed by atoms with Crippen molar-refractivity contribution < 1.29 is 0 Å². The molecule has 2 nitrogen and oxygen atoms in total. The second kappa shape index (κ2) is 3.49. The Hall–Kier alpha value is -1.02. The summed E-state index contributed by atoms with van der Waals surface area (Å²) >= 11 is 0. The number of rotatable bonds is 0. The summed E-state index contributed by atoms with van der Waals surface area (Å²) in [5.74, 6) is 0.681. The van der Waals surface area contributed by atoms with E-state index in [0.717, 1.165) is 12.2 Å². The summed E-state index contributed by atoms with van der Waals surface area (Å²) in [5.41, 5.74) is 12.0. The number of hydrogen-bond donors (Lipinski definition) is 1. The predicted octanol–water partition coefficient (Wildman–Crippen LogP) is 2.77. The maximum absolute atomic E-state index is 6.02. The van der Waals surface area contributed by atoms with E-state index in [0.29, 0.717) is 11.3 Å². The minimum absolute atomic E-state index is 0.423. The zero-order valence-electron chi connectivity index (χ0n) is 11.1. The van der Waals surface area contributed by atoms with Gasteiger partial charge in [-0.3, -0.25) is 0 Å². The third-order valence-electron chi connectivity index (χ3n) is 4.64. The lowest BCUT2D eigenvalue weighted by atomic mass is 9.63. The van der Waals surface area contributed by atoms with E-state index < -0.39 is 0 Å². The van der Waals surface area contributed by atoms with E-state index in [4.69, 9.17) is 5.73 Å². The number of benzene rings is 1. The average Bonchev–Trinajstić information content (AvgIpc) is 2.22. The number of nitrogens with two attached hydrogens (primary N) is 1. The van der Waals surface area contributed by atoms with Crippen molar-refractivity contribution in [3.63, 3.8) is 0 Å². The molecule has 0 spiro atoms. The van der Waals surface area contributed by atoms with Crippen LogP contribution in [0.4, 0.5) is 5.69 Å². The van der Waals surface area contributed by atoms with E-state index in [9.17, 15) is 0 Å². The lowest BCUT2D eigenvalue weighted by molar-refractivity contribution is 0.164. The van der Waals surface area contributed by atoms with Gasteiger partial charge in [-0.15, -0.1) is 0 Å². The summed E-state index contributed by atoms with van der Waals surface area (Å²) in [6.45, 7) is 7.08. The minimum Gasteiger partial charge on any atom is -0.399 e. The monoisotopic (exact) mass is 230 g/mol. The molecule has 2 N–H and O–H groups in total. The Morgan fingerprint density at radius 1 is 1.29 bits per heavy atom. The fraction of sp³-hybridized carbons (Fsp3) is 0.600. The maximum atomic E-state index is 6.02. The van der Waals surface area contributed by atoms with E-state index in [-0.39, 0.29) is 0 Å². The molecule has 92 valence electrons. The summed E-state index contributed by atoms with van der Waals surface area (Å²) in [6, 6.07) is 4.38. The Morgan fingerprint density at radius 3 is 2.76 bits per heavy atom. The van der Waals surface area contributed by atoms with Crippen molar-refractivity contribution in [2.45, 2.75) is 39.2 Å². The van der Waals surface area contributed by atoms with Crippen LogP contribution in [-0.2, 0) is 13.0 Å². The van der Waals surface area contributed by atoms with Crippen LogP contribution >= 0.6 is 0 Å². The smallest absolute Gasteiger partial charge is 0.0320 e. The molecule has 1 heterocycles. The van der Waals surface area contributed by atoms with Crippen molar-refractivity contribution in [3.05, 3.63) is 28.8 Å². The third-order valence-corrected chi connectivity index (χ3v) is 4.64. The molecule has 1 atom stereocenters. The van der Waals surface area contributed by atoms with Crippen molar-refractivity contribution in [2.75, 3.05) is 19.3 Å². The largest absolute Gasteiger partial charge is 0.399 e. The Morgan fingerprint density at radius 2 is 2.00 bits per heavy atom. The number of likely N-dealkylation sites (N-methyl/N-ethyl adjacent to an activating group) is 1. The lowest BCUT2D eigenvalue weighted by Crippen LogP contribution is -2.41. The van der Waals surface area contributed by atoms with Crippen LogP contribution in [0.2, 0.25) is 0 Å². The Balaban J connectivity index is 2.19. The molecule has 2 heteroatoms. The highest BCUT2D eigenvalue weighted by Crippen LogP contribution is 2.49. The Kier molecular flexibility index (Phi) is 2.27.